The molecule has 5 fully saturated rings. The molecule has 11 rings (SSSR count). The van der Waals surface area contributed by atoms with Crippen molar-refractivity contribution in [2.45, 2.75) is 95.6 Å². The lowest BCUT2D eigenvalue weighted by molar-refractivity contribution is -0.121. The number of thiophene rings is 1. The number of nitrogens with one attached hydrogen (secondary N) is 2. The first kappa shape index (κ1) is 55.4. The summed E-state index contributed by atoms with van der Waals surface area (Å²) in [6.07, 6.45) is 22.1. The average Bonchev–Trinajstić information content (AvgIpc) is 4.37. The summed E-state index contributed by atoms with van der Waals surface area (Å²) in [5, 5.41) is 10.5. The number of thiol groups is 1. The molecule has 4 aliphatic heterocycles. The van der Waals surface area contributed by atoms with E-state index in [1.165, 1.54) is 30.6 Å². The van der Waals surface area contributed by atoms with Crippen molar-refractivity contribution < 1.29 is 33.4 Å². The molecule has 19 heteroatoms. The van der Waals surface area contributed by atoms with Crippen molar-refractivity contribution in [3.63, 3.8) is 0 Å². The summed E-state index contributed by atoms with van der Waals surface area (Å²) in [4.78, 5) is 83.9. The van der Waals surface area contributed by atoms with E-state index in [0.29, 0.717) is 96.6 Å². The molecule has 2 N–H and O–H groups in total. The molecule has 422 valence electrons. The lowest BCUT2D eigenvalue weighted by atomic mass is 9.83. The Balaban J connectivity index is 0.703. The van der Waals surface area contributed by atoms with E-state index < -0.39 is 10.9 Å². The minimum absolute atomic E-state index is 0.0488. The molecule has 0 bridgehead atoms. The summed E-state index contributed by atoms with van der Waals surface area (Å²) in [5.74, 6) is 2.79. The number of ether oxygens (including phenoxy) is 3. The van der Waals surface area contributed by atoms with Crippen LogP contribution in [0.1, 0.15) is 110 Å². The number of anilines is 1. The predicted molar refractivity (Wildman–Crippen MR) is 315 cm³/mol. The molecule has 80 heavy (non-hydrogen) atoms. The van der Waals surface area contributed by atoms with Crippen LogP contribution in [-0.2, 0) is 14.3 Å². The Morgan fingerprint density at radius 3 is 1.77 bits per heavy atom. The number of hydrogen-bond acceptors (Lipinski definition) is 14. The van der Waals surface area contributed by atoms with Crippen LogP contribution in [0.4, 0.5) is 5.69 Å². The van der Waals surface area contributed by atoms with E-state index in [1.54, 1.807) is 39.9 Å². The predicted octanol–water partition coefficient (Wildman–Crippen LogP) is 9.50. The van der Waals surface area contributed by atoms with Gasteiger partial charge in [-0.1, -0.05) is 31.4 Å². The van der Waals surface area contributed by atoms with Gasteiger partial charge in [0.1, 0.15) is 11.5 Å². The highest BCUT2D eigenvalue weighted by Gasteiger charge is 2.33. The second-order valence-corrected chi connectivity index (χ2v) is 25.1. The molecule has 4 amide bonds. The number of benzene rings is 2. The molecule has 0 spiro atoms. The second kappa shape index (κ2) is 25.5. The van der Waals surface area contributed by atoms with Gasteiger partial charge in [0.2, 0.25) is 11.8 Å². The molecule has 3 saturated heterocycles. The van der Waals surface area contributed by atoms with Crippen molar-refractivity contribution in [1.29, 1.82) is 0 Å². The third-order valence-electron chi connectivity index (χ3n) is 17.0. The van der Waals surface area contributed by atoms with Crippen LogP contribution in [-0.4, -0.2) is 155 Å². The van der Waals surface area contributed by atoms with Crippen LogP contribution in [0, 0.1) is 11.8 Å². The average molecular weight is 1120 g/mol. The number of nitrogens with zero attached hydrogens (tertiary/aromatic N) is 8. The highest BCUT2D eigenvalue weighted by molar-refractivity contribution is 8.27. The number of aromatic nitrogens is 4. The largest absolute Gasteiger partial charge is 0.496 e. The fourth-order valence-corrected chi connectivity index (χ4v) is 15.2. The number of piperidine rings is 2. The van der Waals surface area contributed by atoms with Gasteiger partial charge in [-0.2, -0.15) is 10.9 Å². The molecule has 2 saturated carbocycles. The van der Waals surface area contributed by atoms with Crippen LogP contribution in [0.5, 0.6) is 11.5 Å². The second-order valence-electron chi connectivity index (χ2n) is 22.2. The van der Waals surface area contributed by atoms with Crippen LogP contribution in [0.3, 0.4) is 0 Å². The minimum Gasteiger partial charge on any atom is -0.496 e. The van der Waals surface area contributed by atoms with E-state index in [1.807, 2.05) is 63.8 Å². The molecule has 5 aromatic rings. The van der Waals surface area contributed by atoms with E-state index in [-0.39, 0.29) is 29.7 Å². The molecule has 0 radical (unpaired) electrons. The van der Waals surface area contributed by atoms with E-state index in [2.05, 4.69) is 36.9 Å². The molecule has 7 heterocycles. The summed E-state index contributed by atoms with van der Waals surface area (Å²) < 4.78 is 17.2. The van der Waals surface area contributed by atoms with Gasteiger partial charge in [-0.05, 0) is 105 Å². The lowest BCUT2D eigenvalue weighted by Crippen LogP contribution is -2.54. The summed E-state index contributed by atoms with van der Waals surface area (Å²) in [6.45, 7) is 6.01. The Bertz CT molecular complexity index is 3110. The Labute approximate surface area is 475 Å². The molecule has 6 aliphatic rings. The zero-order valence-electron chi connectivity index (χ0n) is 46.2. The number of hydrogen-bond donors (Lipinski definition) is 3. The Hall–Kier alpha value is -6.51. The zero-order chi connectivity index (χ0) is 55.1. The first-order chi connectivity index (χ1) is 39.1. The van der Waals surface area contributed by atoms with Crippen LogP contribution in [0.15, 0.2) is 89.8 Å². The van der Waals surface area contributed by atoms with Crippen LogP contribution in [0.2, 0.25) is 0 Å². The van der Waals surface area contributed by atoms with Gasteiger partial charge >= 0.3 is 0 Å². The Kier molecular flexibility index (Phi) is 17.7. The van der Waals surface area contributed by atoms with Crippen LogP contribution >= 0.6 is 22.2 Å². The Morgan fingerprint density at radius 2 is 1.19 bits per heavy atom. The standard InChI is InChI=1S/C61H74N10O7S2/c1-76-47-17-21-70(22-18-47)60(74)48-13-12-43(30-54(48)77-2)51-34-63-36-53(67-51)57-32-45(65-59(73)27-40-7-4-5-8-40)38-80(57)39-68-19-15-46(16-20-68)69-23-25-71(26-24-69)61(75)49-14-11-42(29-55(49)78-3)50-33-62-35-52(66-50)56-31-44(37-79-56)64-58(72)28-41-9-6-10-41/h11-14,29-38,40-41,46-47,80H,4-10,15-28,39H2,1-3H3,(H,64,72)(H,65,73). The highest BCUT2D eigenvalue weighted by Crippen LogP contribution is 2.49. The van der Waals surface area contributed by atoms with Crippen molar-refractivity contribution in [2.24, 2.45) is 11.8 Å². The summed E-state index contributed by atoms with van der Waals surface area (Å²) in [6, 6.07) is 13.6. The van der Waals surface area contributed by atoms with Crippen molar-refractivity contribution in [2.75, 3.05) is 84.9 Å². The number of allylic oxidation sites excluding steroid dienone is 1. The van der Waals surface area contributed by atoms with E-state index in [0.717, 1.165) is 121 Å². The fraction of sp³-hybridized carbons (Fsp3) is 0.475. The van der Waals surface area contributed by atoms with Crippen molar-refractivity contribution in [1.82, 2.24) is 44.9 Å². The number of carbonyl (C=O) groups excluding carboxylic acids is 4. The zero-order valence-corrected chi connectivity index (χ0v) is 48.0. The number of carbonyl (C=O) groups is 4. The van der Waals surface area contributed by atoms with Gasteiger partial charge in [0.15, 0.2) is 0 Å². The summed E-state index contributed by atoms with van der Waals surface area (Å²) >= 11 is 1.51. The van der Waals surface area contributed by atoms with Gasteiger partial charge in [0, 0.05) is 111 Å². The van der Waals surface area contributed by atoms with Gasteiger partial charge < -0.3 is 34.6 Å². The molecular weight excluding hydrogens is 1050 g/mol. The third-order valence-corrected chi connectivity index (χ3v) is 20.3. The van der Waals surface area contributed by atoms with Gasteiger partial charge in [0.05, 0.1) is 89.6 Å². The van der Waals surface area contributed by atoms with E-state index >= 15 is 0 Å². The number of rotatable bonds is 18. The fourth-order valence-electron chi connectivity index (χ4n) is 12.2. The third kappa shape index (κ3) is 13.0. The molecule has 1 unspecified atom stereocenters. The first-order valence-electron chi connectivity index (χ1n) is 28.6. The normalized spacial score (nSPS) is 20.3. The Morgan fingerprint density at radius 1 is 0.625 bits per heavy atom. The number of amides is 4. The quantitative estimate of drug-likeness (QED) is 0.0706. The molecule has 1 atom stereocenters. The molecule has 2 aromatic carbocycles. The maximum atomic E-state index is 14.1. The number of methoxy groups -OCH3 is 3. The van der Waals surface area contributed by atoms with Gasteiger partial charge in [-0.3, -0.25) is 38.9 Å². The van der Waals surface area contributed by atoms with Crippen LogP contribution < -0.4 is 20.1 Å². The van der Waals surface area contributed by atoms with Gasteiger partial charge in [0.25, 0.3) is 11.8 Å². The lowest BCUT2D eigenvalue weighted by Gasteiger charge is -2.43. The number of piperazine rings is 1. The maximum absolute atomic E-state index is 14.1. The van der Waals surface area contributed by atoms with Crippen molar-refractivity contribution >= 4 is 56.5 Å². The SMILES string of the molecule is COc1cc(-c2cncc(C3=CC(NC(=O)CC4CCCC4)=C[SH]3CN3CCC(N4CCN(C(=O)c5ccc(-c6cncc(-c7cc(NC(=O)CC8CCC8)cs7)n6)cc5OC)CC4)CC3)n2)ccc1C(=O)N1CCC(OC)CC1. The maximum Gasteiger partial charge on any atom is 0.257 e. The van der Waals surface area contributed by atoms with E-state index in [9.17, 15) is 19.2 Å². The molecule has 3 aromatic heterocycles. The van der Waals surface area contributed by atoms with Crippen molar-refractivity contribution in [3.05, 3.63) is 107 Å². The minimum atomic E-state index is -0.870. The molecule has 2 aliphatic carbocycles. The number of likely N-dealkylation sites (tertiary alicyclic amines) is 2. The van der Waals surface area contributed by atoms with Gasteiger partial charge in [-0.25, -0.2) is 9.97 Å². The summed E-state index contributed by atoms with van der Waals surface area (Å²) in [5.41, 5.74) is 7.05. The van der Waals surface area contributed by atoms with Crippen LogP contribution in [0.25, 0.3) is 38.0 Å². The molecule has 17 nitrogen and oxygen atoms in total. The van der Waals surface area contributed by atoms with E-state index in [4.69, 9.17) is 29.2 Å². The monoisotopic (exact) mass is 1120 g/mol. The smallest absolute Gasteiger partial charge is 0.257 e. The van der Waals surface area contributed by atoms with Crippen molar-refractivity contribution in [3.8, 4) is 44.6 Å². The molecular formula is C61H74N10O7S2. The topological polar surface area (TPSA) is 185 Å². The first-order valence-corrected chi connectivity index (χ1v) is 31.0. The van der Waals surface area contributed by atoms with Gasteiger partial charge in [-0.15, -0.1) is 11.3 Å². The summed E-state index contributed by atoms with van der Waals surface area (Å²) in [7, 11) is 4.04. The highest BCUT2D eigenvalue weighted by atomic mass is 32.2.